The summed E-state index contributed by atoms with van der Waals surface area (Å²) >= 11 is 0. The molecule has 0 spiro atoms. The number of rotatable bonds is 1. The fraction of sp³-hybridized carbons (Fsp3) is 0.545. The van der Waals surface area contributed by atoms with Crippen LogP contribution in [-0.4, -0.2) is 11.1 Å². The summed E-state index contributed by atoms with van der Waals surface area (Å²) in [6.45, 7) is 3.97. The zero-order valence-corrected chi connectivity index (χ0v) is 7.88. The summed E-state index contributed by atoms with van der Waals surface area (Å²) in [7, 11) is 0. The second-order valence-corrected chi connectivity index (χ2v) is 3.60. The number of hydrogen-bond donors (Lipinski definition) is 1. The Morgan fingerprint density at radius 2 is 1.77 bits per heavy atom. The molecule has 0 amide bonds. The van der Waals surface area contributed by atoms with Crippen LogP contribution in [0.1, 0.15) is 38.5 Å². The number of allylic oxidation sites excluding steroid dienone is 2. The lowest BCUT2D eigenvalue weighted by Crippen LogP contribution is -1.97. The lowest BCUT2D eigenvalue weighted by atomic mass is 9.93. The van der Waals surface area contributed by atoms with Gasteiger partial charge in [-0.3, -0.25) is 0 Å². The van der Waals surface area contributed by atoms with Crippen molar-refractivity contribution in [2.24, 2.45) is 0 Å². The van der Waals surface area contributed by atoms with Crippen LogP contribution in [-0.2, 0) is 4.79 Å². The van der Waals surface area contributed by atoms with Crippen molar-refractivity contribution >= 4 is 5.97 Å². The molecular weight excluding hydrogens is 164 g/mol. The maximum absolute atomic E-state index is 10.4. The van der Waals surface area contributed by atoms with Crippen molar-refractivity contribution in [3.8, 4) is 0 Å². The molecule has 1 aliphatic rings. The molecule has 0 unspecified atom stereocenters. The average molecular weight is 180 g/mol. The fourth-order valence-corrected chi connectivity index (χ4v) is 1.70. The molecule has 0 saturated heterocycles. The van der Waals surface area contributed by atoms with Crippen molar-refractivity contribution in [1.82, 2.24) is 0 Å². The summed E-state index contributed by atoms with van der Waals surface area (Å²) in [4.78, 5) is 10.4. The molecule has 0 atom stereocenters. The Balaban J connectivity index is 2.50. The molecule has 0 aromatic heterocycles. The van der Waals surface area contributed by atoms with Gasteiger partial charge in [0, 0.05) is 6.08 Å². The van der Waals surface area contributed by atoms with Crippen molar-refractivity contribution < 1.29 is 9.90 Å². The topological polar surface area (TPSA) is 37.3 Å². The Kier molecular flexibility index (Phi) is 3.74. The van der Waals surface area contributed by atoms with E-state index in [1.807, 2.05) is 0 Å². The van der Waals surface area contributed by atoms with E-state index < -0.39 is 5.97 Å². The zero-order valence-electron chi connectivity index (χ0n) is 7.88. The predicted molar refractivity (Wildman–Crippen MR) is 52.6 cm³/mol. The van der Waals surface area contributed by atoms with Gasteiger partial charge < -0.3 is 5.11 Å². The highest BCUT2D eigenvalue weighted by Crippen LogP contribution is 2.23. The van der Waals surface area contributed by atoms with Crippen molar-refractivity contribution in [3.63, 3.8) is 0 Å². The molecule has 2 heteroatoms. The van der Waals surface area contributed by atoms with Gasteiger partial charge in [0.25, 0.3) is 0 Å². The molecular formula is C11H16O2. The van der Waals surface area contributed by atoms with Gasteiger partial charge in [0.15, 0.2) is 0 Å². The highest BCUT2D eigenvalue weighted by Gasteiger charge is 2.06. The highest BCUT2D eigenvalue weighted by molar-refractivity contribution is 5.80. The maximum Gasteiger partial charge on any atom is 0.328 e. The van der Waals surface area contributed by atoms with Gasteiger partial charge in [0.1, 0.15) is 0 Å². The van der Waals surface area contributed by atoms with E-state index in [0.717, 1.165) is 44.1 Å². The van der Waals surface area contributed by atoms with Crippen LogP contribution in [0.3, 0.4) is 0 Å². The third-order valence-electron chi connectivity index (χ3n) is 2.38. The minimum atomic E-state index is -0.811. The lowest BCUT2D eigenvalue weighted by molar-refractivity contribution is -0.131. The Morgan fingerprint density at radius 1 is 1.23 bits per heavy atom. The molecule has 0 radical (unpaired) electrons. The first-order valence-electron chi connectivity index (χ1n) is 4.77. The van der Waals surface area contributed by atoms with Crippen LogP contribution in [0.5, 0.6) is 0 Å². The molecule has 1 N–H and O–H groups in total. The molecule has 1 fully saturated rings. The molecule has 0 aromatic carbocycles. The monoisotopic (exact) mass is 180 g/mol. The van der Waals surface area contributed by atoms with Crippen LogP contribution < -0.4 is 0 Å². The molecule has 0 heterocycles. The largest absolute Gasteiger partial charge is 0.478 e. The van der Waals surface area contributed by atoms with Gasteiger partial charge in [0.2, 0.25) is 0 Å². The first-order chi connectivity index (χ1) is 6.18. The van der Waals surface area contributed by atoms with E-state index >= 15 is 0 Å². The molecule has 13 heavy (non-hydrogen) atoms. The van der Waals surface area contributed by atoms with Crippen LogP contribution in [0.15, 0.2) is 23.8 Å². The molecule has 1 saturated carbocycles. The molecule has 0 bridgehead atoms. The van der Waals surface area contributed by atoms with Crippen molar-refractivity contribution in [2.45, 2.75) is 38.5 Å². The predicted octanol–water partition coefficient (Wildman–Crippen LogP) is 2.91. The third-order valence-corrected chi connectivity index (χ3v) is 2.38. The first-order valence-corrected chi connectivity index (χ1v) is 4.77. The molecule has 1 aliphatic carbocycles. The smallest absolute Gasteiger partial charge is 0.328 e. The Labute approximate surface area is 79.0 Å². The molecule has 72 valence electrons. The van der Waals surface area contributed by atoms with Crippen LogP contribution in [0.25, 0.3) is 0 Å². The number of carbonyl (C=O) groups is 1. The second kappa shape index (κ2) is 4.85. The number of hydrogen-bond acceptors (Lipinski definition) is 1. The summed E-state index contributed by atoms with van der Waals surface area (Å²) in [6.07, 6.45) is 7.43. The van der Waals surface area contributed by atoms with E-state index in [0.29, 0.717) is 0 Å². The Morgan fingerprint density at radius 3 is 2.23 bits per heavy atom. The van der Waals surface area contributed by atoms with Gasteiger partial charge in [-0.2, -0.15) is 0 Å². The van der Waals surface area contributed by atoms with Crippen LogP contribution in [0.2, 0.25) is 0 Å². The molecule has 0 aliphatic heterocycles. The van der Waals surface area contributed by atoms with Crippen LogP contribution >= 0.6 is 0 Å². The molecule has 0 aromatic rings. The van der Waals surface area contributed by atoms with E-state index in [9.17, 15) is 4.79 Å². The van der Waals surface area contributed by atoms with Gasteiger partial charge in [-0.1, -0.05) is 17.7 Å². The highest BCUT2D eigenvalue weighted by atomic mass is 16.4. The van der Waals surface area contributed by atoms with Gasteiger partial charge in [-0.15, -0.1) is 0 Å². The summed E-state index contributed by atoms with van der Waals surface area (Å²) in [5, 5.41) is 8.59. The fourth-order valence-electron chi connectivity index (χ4n) is 1.70. The van der Waals surface area contributed by atoms with E-state index in [2.05, 4.69) is 6.58 Å². The summed E-state index contributed by atoms with van der Waals surface area (Å²) in [5.74, 6) is -0.811. The van der Waals surface area contributed by atoms with Crippen molar-refractivity contribution in [2.75, 3.05) is 0 Å². The van der Waals surface area contributed by atoms with Gasteiger partial charge >= 0.3 is 5.97 Å². The maximum atomic E-state index is 10.4. The quantitative estimate of drug-likeness (QED) is 0.497. The molecule has 1 rings (SSSR count). The normalized spacial score (nSPS) is 19.1. The first kappa shape index (κ1) is 10.0. The summed E-state index contributed by atoms with van der Waals surface area (Å²) in [5.41, 5.74) is 2.40. The SMILES string of the molecule is C=C1CCCC(=CC(=O)O)CCC1. The molecule has 2 nitrogen and oxygen atoms in total. The van der Waals surface area contributed by atoms with E-state index in [-0.39, 0.29) is 0 Å². The van der Waals surface area contributed by atoms with Crippen molar-refractivity contribution in [3.05, 3.63) is 23.8 Å². The van der Waals surface area contributed by atoms with E-state index in [1.165, 1.54) is 11.6 Å². The Bertz CT molecular complexity index is 224. The Hall–Kier alpha value is -1.05. The number of aliphatic carboxylic acids is 1. The van der Waals surface area contributed by atoms with Gasteiger partial charge in [-0.05, 0) is 38.5 Å². The second-order valence-electron chi connectivity index (χ2n) is 3.60. The summed E-state index contributed by atoms with van der Waals surface area (Å²) in [6, 6.07) is 0. The lowest BCUT2D eigenvalue weighted by Gasteiger charge is -2.12. The average Bonchev–Trinajstić information content (AvgIpc) is 1.99. The van der Waals surface area contributed by atoms with Crippen molar-refractivity contribution in [1.29, 1.82) is 0 Å². The van der Waals surface area contributed by atoms with E-state index in [1.54, 1.807) is 0 Å². The van der Waals surface area contributed by atoms with Gasteiger partial charge in [-0.25, -0.2) is 4.79 Å². The standard InChI is InChI=1S/C11H16O2/c1-9-4-2-6-10(7-3-5-9)8-11(12)13/h8H,1-7H2,(H,12,13). The number of carboxylic acid groups (broad SMARTS) is 1. The third kappa shape index (κ3) is 3.92. The number of carboxylic acids is 1. The van der Waals surface area contributed by atoms with Crippen LogP contribution in [0.4, 0.5) is 0 Å². The van der Waals surface area contributed by atoms with Gasteiger partial charge in [0.05, 0.1) is 0 Å². The minimum absolute atomic E-state index is 0.811. The van der Waals surface area contributed by atoms with E-state index in [4.69, 9.17) is 5.11 Å². The van der Waals surface area contributed by atoms with Crippen LogP contribution in [0, 0.1) is 0 Å². The minimum Gasteiger partial charge on any atom is -0.478 e. The zero-order chi connectivity index (χ0) is 9.68. The summed E-state index contributed by atoms with van der Waals surface area (Å²) < 4.78 is 0.